The summed E-state index contributed by atoms with van der Waals surface area (Å²) in [7, 11) is 0. The maximum absolute atomic E-state index is 3.84. The van der Waals surface area contributed by atoms with Crippen molar-refractivity contribution in [2.75, 3.05) is 0 Å². The summed E-state index contributed by atoms with van der Waals surface area (Å²) in [5, 5.41) is 0. The summed E-state index contributed by atoms with van der Waals surface area (Å²) < 4.78 is 0. The molecule has 0 bridgehead atoms. The molecule has 0 saturated heterocycles. The first-order valence-corrected chi connectivity index (χ1v) is 6.87. The van der Waals surface area contributed by atoms with E-state index in [1.165, 1.54) is 24.0 Å². The molecular formula is C14H19Br. The van der Waals surface area contributed by atoms with Gasteiger partial charge in [-0.2, -0.15) is 0 Å². The lowest BCUT2D eigenvalue weighted by atomic mass is 9.96. The van der Waals surface area contributed by atoms with E-state index in [2.05, 4.69) is 54.0 Å². The summed E-state index contributed by atoms with van der Waals surface area (Å²) in [4.78, 5) is 0.538. The fourth-order valence-corrected chi connectivity index (χ4v) is 2.84. The molecule has 1 fully saturated rings. The highest BCUT2D eigenvalue weighted by Crippen LogP contribution is 2.46. The van der Waals surface area contributed by atoms with Gasteiger partial charge in [-0.15, -0.1) is 0 Å². The van der Waals surface area contributed by atoms with E-state index in [9.17, 15) is 0 Å². The molecule has 82 valence electrons. The Hall–Kier alpha value is -0.300. The molecule has 15 heavy (non-hydrogen) atoms. The van der Waals surface area contributed by atoms with E-state index >= 15 is 0 Å². The first kappa shape index (κ1) is 11.2. The predicted octanol–water partition coefficient (Wildman–Crippen LogP) is 4.73. The van der Waals surface area contributed by atoms with Gasteiger partial charge in [0.1, 0.15) is 0 Å². The van der Waals surface area contributed by atoms with Crippen LogP contribution in [0.2, 0.25) is 0 Å². The van der Waals surface area contributed by atoms with Crippen molar-refractivity contribution in [2.24, 2.45) is 11.8 Å². The van der Waals surface area contributed by atoms with Gasteiger partial charge in [0.2, 0.25) is 0 Å². The Balaban J connectivity index is 2.07. The second-order valence-corrected chi connectivity index (χ2v) is 5.68. The molecule has 1 heteroatoms. The van der Waals surface area contributed by atoms with E-state index in [4.69, 9.17) is 0 Å². The van der Waals surface area contributed by atoms with Crippen molar-refractivity contribution in [3.63, 3.8) is 0 Å². The van der Waals surface area contributed by atoms with Crippen molar-refractivity contribution >= 4 is 15.9 Å². The summed E-state index contributed by atoms with van der Waals surface area (Å²) in [5.41, 5.74) is 2.86. The van der Waals surface area contributed by atoms with Crippen LogP contribution in [0.15, 0.2) is 24.3 Å². The van der Waals surface area contributed by atoms with Crippen molar-refractivity contribution < 1.29 is 0 Å². The quantitative estimate of drug-likeness (QED) is 0.692. The maximum Gasteiger partial charge on any atom is 0.0423 e. The smallest absolute Gasteiger partial charge is 0.0423 e. The zero-order chi connectivity index (χ0) is 10.8. The highest BCUT2D eigenvalue weighted by molar-refractivity contribution is 9.09. The average Bonchev–Trinajstić information content (AvgIpc) is 3.11. The molecule has 0 spiro atoms. The summed E-state index contributed by atoms with van der Waals surface area (Å²) in [6.45, 7) is 4.57. The minimum atomic E-state index is 0.538. The number of benzene rings is 1. The third kappa shape index (κ3) is 2.63. The molecule has 0 heterocycles. The highest BCUT2D eigenvalue weighted by Gasteiger charge is 2.32. The van der Waals surface area contributed by atoms with E-state index in [0.717, 1.165) is 18.3 Å². The number of aryl methyl sites for hydroxylation is 1. The Morgan fingerprint density at radius 2 is 1.87 bits per heavy atom. The van der Waals surface area contributed by atoms with Gasteiger partial charge in [0.05, 0.1) is 0 Å². The fourth-order valence-electron chi connectivity index (χ4n) is 2.10. The van der Waals surface area contributed by atoms with E-state index in [-0.39, 0.29) is 0 Å². The zero-order valence-corrected chi connectivity index (χ0v) is 11.1. The minimum absolute atomic E-state index is 0.538. The number of rotatable bonds is 4. The first-order valence-electron chi connectivity index (χ1n) is 5.95. The Kier molecular flexibility index (Phi) is 3.50. The topological polar surface area (TPSA) is 0 Å². The molecule has 2 atom stereocenters. The molecular weight excluding hydrogens is 248 g/mol. The van der Waals surface area contributed by atoms with Gasteiger partial charge >= 0.3 is 0 Å². The lowest BCUT2D eigenvalue weighted by Gasteiger charge is -2.18. The summed E-state index contributed by atoms with van der Waals surface area (Å²) in [5.74, 6) is 1.73. The molecule has 0 radical (unpaired) electrons. The second-order valence-electron chi connectivity index (χ2n) is 4.69. The van der Waals surface area contributed by atoms with E-state index in [0.29, 0.717) is 4.83 Å². The van der Waals surface area contributed by atoms with Crippen LogP contribution in [-0.2, 0) is 6.42 Å². The van der Waals surface area contributed by atoms with Crippen molar-refractivity contribution in [2.45, 2.75) is 37.9 Å². The van der Waals surface area contributed by atoms with Crippen molar-refractivity contribution in [3.8, 4) is 0 Å². The molecule has 0 N–H and O–H groups in total. The van der Waals surface area contributed by atoms with Crippen molar-refractivity contribution in [1.29, 1.82) is 0 Å². The maximum atomic E-state index is 3.84. The molecule has 1 aliphatic carbocycles. The summed E-state index contributed by atoms with van der Waals surface area (Å²) >= 11 is 3.84. The van der Waals surface area contributed by atoms with Crippen molar-refractivity contribution in [1.82, 2.24) is 0 Å². The Bertz CT molecular complexity index is 311. The minimum Gasteiger partial charge on any atom is -0.0836 e. The third-order valence-corrected chi connectivity index (χ3v) is 4.90. The van der Waals surface area contributed by atoms with Crippen LogP contribution in [0.5, 0.6) is 0 Å². The van der Waals surface area contributed by atoms with Crippen LogP contribution in [0.25, 0.3) is 0 Å². The van der Waals surface area contributed by atoms with Crippen LogP contribution in [0.3, 0.4) is 0 Å². The fraction of sp³-hybridized carbons (Fsp3) is 0.571. The molecule has 1 saturated carbocycles. The van der Waals surface area contributed by atoms with Gasteiger partial charge in [-0.3, -0.25) is 0 Å². The van der Waals surface area contributed by atoms with E-state index in [1.807, 2.05) is 0 Å². The molecule has 1 aromatic carbocycles. The lowest BCUT2D eigenvalue weighted by Crippen LogP contribution is -2.05. The first-order chi connectivity index (χ1) is 7.22. The Morgan fingerprint density at radius 1 is 1.27 bits per heavy atom. The van der Waals surface area contributed by atoms with Crippen LogP contribution >= 0.6 is 15.9 Å². The van der Waals surface area contributed by atoms with Crippen LogP contribution in [0.1, 0.15) is 42.6 Å². The van der Waals surface area contributed by atoms with Gasteiger partial charge in [0.25, 0.3) is 0 Å². The number of hydrogen-bond donors (Lipinski definition) is 0. The highest BCUT2D eigenvalue weighted by atomic mass is 79.9. The monoisotopic (exact) mass is 266 g/mol. The molecule has 2 unspecified atom stereocenters. The molecule has 0 aliphatic heterocycles. The second kappa shape index (κ2) is 4.69. The van der Waals surface area contributed by atoms with Crippen LogP contribution in [-0.4, -0.2) is 0 Å². The van der Waals surface area contributed by atoms with Crippen LogP contribution < -0.4 is 0 Å². The molecule has 2 rings (SSSR count). The zero-order valence-electron chi connectivity index (χ0n) is 9.54. The lowest BCUT2D eigenvalue weighted by molar-refractivity contribution is 0.503. The average molecular weight is 267 g/mol. The summed E-state index contributed by atoms with van der Waals surface area (Å²) in [6, 6.07) is 9.06. The van der Waals surface area contributed by atoms with Gasteiger partial charge in [-0.1, -0.05) is 54.0 Å². The van der Waals surface area contributed by atoms with Gasteiger partial charge in [0.15, 0.2) is 0 Å². The van der Waals surface area contributed by atoms with E-state index in [1.54, 1.807) is 0 Å². The molecule has 0 nitrogen and oxygen atoms in total. The molecule has 1 aliphatic rings. The van der Waals surface area contributed by atoms with Crippen LogP contribution in [0, 0.1) is 11.8 Å². The largest absolute Gasteiger partial charge is 0.0836 e. The predicted molar refractivity (Wildman–Crippen MR) is 69.4 cm³/mol. The standard InChI is InChI=1S/C14H19Br/c1-3-11-4-6-13(7-5-11)14(15)10(2)12-8-9-12/h4-7,10,12,14H,3,8-9H2,1-2H3. The number of alkyl halides is 1. The Labute approximate surface area is 101 Å². The van der Waals surface area contributed by atoms with Gasteiger partial charge < -0.3 is 0 Å². The van der Waals surface area contributed by atoms with E-state index < -0.39 is 0 Å². The number of halogens is 1. The van der Waals surface area contributed by atoms with Gasteiger partial charge in [0, 0.05) is 4.83 Å². The molecule has 0 aromatic heterocycles. The SMILES string of the molecule is CCc1ccc(C(Br)C(C)C2CC2)cc1. The van der Waals surface area contributed by atoms with Crippen LogP contribution in [0.4, 0.5) is 0 Å². The van der Waals surface area contributed by atoms with Gasteiger partial charge in [-0.25, -0.2) is 0 Å². The normalized spacial score (nSPS) is 19.9. The summed E-state index contributed by atoms with van der Waals surface area (Å²) in [6.07, 6.45) is 3.98. The van der Waals surface area contributed by atoms with Crippen molar-refractivity contribution in [3.05, 3.63) is 35.4 Å². The third-order valence-electron chi connectivity index (χ3n) is 3.53. The molecule has 1 aromatic rings. The number of hydrogen-bond acceptors (Lipinski definition) is 0. The molecule has 0 amide bonds. The van der Waals surface area contributed by atoms with Gasteiger partial charge in [-0.05, 0) is 42.2 Å². The Morgan fingerprint density at radius 3 is 2.33 bits per heavy atom.